The van der Waals surface area contributed by atoms with Crippen molar-refractivity contribution in [1.82, 2.24) is 4.90 Å². The SMILES string of the molecule is CC(C)C1CC(OC(C)(C)C)CN1C(C)C. The van der Waals surface area contributed by atoms with Crippen LogP contribution in [-0.4, -0.2) is 35.2 Å². The van der Waals surface area contributed by atoms with Gasteiger partial charge in [-0.1, -0.05) is 13.8 Å². The van der Waals surface area contributed by atoms with Crippen LogP contribution in [-0.2, 0) is 4.74 Å². The van der Waals surface area contributed by atoms with Gasteiger partial charge < -0.3 is 4.74 Å². The molecule has 2 heteroatoms. The quantitative estimate of drug-likeness (QED) is 0.733. The highest BCUT2D eigenvalue weighted by Crippen LogP contribution is 2.29. The summed E-state index contributed by atoms with van der Waals surface area (Å²) < 4.78 is 6.12. The van der Waals surface area contributed by atoms with Gasteiger partial charge in [0.05, 0.1) is 11.7 Å². The molecule has 0 aliphatic carbocycles. The molecule has 0 aromatic rings. The number of hydrogen-bond donors (Lipinski definition) is 0. The van der Waals surface area contributed by atoms with Gasteiger partial charge in [-0.05, 0) is 47.0 Å². The van der Waals surface area contributed by atoms with Crippen LogP contribution >= 0.6 is 0 Å². The third-order valence-electron chi connectivity index (χ3n) is 3.30. The third-order valence-corrected chi connectivity index (χ3v) is 3.30. The van der Waals surface area contributed by atoms with E-state index in [9.17, 15) is 0 Å². The van der Waals surface area contributed by atoms with E-state index in [4.69, 9.17) is 4.74 Å². The maximum absolute atomic E-state index is 6.12. The molecule has 1 rings (SSSR count). The van der Waals surface area contributed by atoms with Gasteiger partial charge in [-0.15, -0.1) is 0 Å². The van der Waals surface area contributed by atoms with E-state index < -0.39 is 0 Å². The van der Waals surface area contributed by atoms with Gasteiger partial charge in [-0.2, -0.15) is 0 Å². The highest BCUT2D eigenvalue weighted by atomic mass is 16.5. The van der Waals surface area contributed by atoms with Crippen LogP contribution in [0.2, 0.25) is 0 Å². The number of rotatable bonds is 3. The van der Waals surface area contributed by atoms with Crippen LogP contribution < -0.4 is 0 Å². The number of nitrogens with zero attached hydrogens (tertiary/aromatic N) is 1. The molecule has 1 heterocycles. The molecule has 0 saturated carbocycles. The summed E-state index contributed by atoms with van der Waals surface area (Å²) in [6.07, 6.45) is 1.60. The molecule has 96 valence electrons. The highest BCUT2D eigenvalue weighted by molar-refractivity contribution is 4.90. The second-order valence-corrected chi connectivity index (χ2v) is 6.69. The first-order valence-electron chi connectivity index (χ1n) is 6.64. The Balaban J connectivity index is 2.62. The smallest absolute Gasteiger partial charge is 0.0724 e. The van der Waals surface area contributed by atoms with Crippen molar-refractivity contribution in [3.63, 3.8) is 0 Å². The highest BCUT2D eigenvalue weighted by Gasteiger charge is 2.37. The van der Waals surface area contributed by atoms with Gasteiger partial charge in [0, 0.05) is 18.6 Å². The molecule has 1 saturated heterocycles. The predicted molar refractivity (Wildman–Crippen MR) is 69.7 cm³/mol. The average Bonchev–Trinajstić information content (AvgIpc) is 2.44. The standard InChI is InChI=1S/C14H29NO/c1-10(2)13-8-12(16-14(5,6)7)9-15(13)11(3)4/h10-13H,8-9H2,1-7H3. The molecule has 0 amide bonds. The van der Waals surface area contributed by atoms with E-state index in [1.165, 1.54) is 6.42 Å². The van der Waals surface area contributed by atoms with Gasteiger partial charge in [0.15, 0.2) is 0 Å². The van der Waals surface area contributed by atoms with Gasteiger partial charge in [0.2, 0.25) is 0 Å². The normalized spacial score (nSPS) is 28.3. The fourth-order valence-corrected chi connectivity index (χ4v) is 2.68. The minimum absolute atomic E-state index is 0.0147. The second kappa shape index (κ2) is 5.05. The summed E-state index contributed by atoms with van der Waals surface area (Å²) in [5.41, 5.74) is -0.0147. The molecule has 16 heavy (non-hydrogen) atoms. The average molecular weight is 227 g/mol. The minimum Gasteiger partial charge on any atom is -0.371 e. The Morgan fingerprint density at radius 2 is 1.69 bits per heavy atom. The van der Waals surface area contributed by atoms with Gasteiger partial charge >= 0.3 is 0 Å². The van der Waals surface area contributed by atoms with E-state index in [1.54, 1.807) is 0 Å². The molecule has 1 aliphatic heterocycles. The van der Waals surface area contributed by atoms with Crippen LogP contribution in [0, 0.1) is 5.92 Å². The summed E-state index contributed by atoms with van der Waals surface area (Å²) in [7, 11) is 0. The van der Waals surface area contributed by atoms with E-state index in [0.29, 0.717) is 18.2 Å². The third kappa shape index (κ3) is 3.74. The topological polar surface area (TPSA) is 12.5 Å². The lowest BCUT2D eigenvalue weighted by atomic mass is 10.0. The van der Waals surface area contributed by atoms with Crippen molar-refractivity contribution in [2.24, 2.45) is 5.92 Å². The molecule has 2 atom stereocenters. The van der Waals surface area contributed by atoms with Crippen molar-refractivity contribution in [3.8, 4) is 0 Å². The monoisotopic (exact) mass is 227 g/mol. The maximum atomic E-state index is 6.12. The van der Waals surface area contributed by atoms with Crippen molar-refractivity contribution in [2.75, 3.05) is 6.54 Å². The largest absolute Gasteiger partial charge is 0.371 e. The van der Waals surface area contributed by atoms with Crippen LogP contribution in [0.15, 0.2) is 0 Å². The van der Waals surface area contributed by atoms with E-state index in [2.05, 4.69) is 53.4 Å². The first kappa shape index (κ1) is 14.0. The molecule has 0 aromatic heterocycles. The summed E-state index contributed by atoms with van der Waals surface area (Å²) in [5.74, 6) is 0.718. The molecule has 2 unspecified atom stereocenters. The van der Waals surface area contributed by atoms with Crippen molar-refractivity contribution >= 4 is 0 Å². The van der Waals surface area contributed by atoms with E-state index in [1.807, 2.05) is 0 Å². The lowest BCUT2D eigenvalue weighted by Gasteiger charge is -2.30. The first-order chi connectivity index (χ1) is 7.20. The molecular weight excluding hydrogens is 198 g/mol. The van der Waals surface area contributed by atoms with Crippen molar-refractivity contribution < 1.29 is 4.74 Å². The number of hydrogen-bond acceptors (Lipinski definition) is 2. The fraction of sp³-hybridized carbons (Fsp3) is 1.00. The molecule has 1 aliphatic rings. The lowest BCUT2D eigenvalue weighted by Crippen LogP contribution is -2.39. The van der Waals surface area contributed by atoms with Gasteiger partial charge in [0.1, 0.15) is 0 Å². The van der Waals surface area contributed by atoms with E-state index in [-0.39, 0.29) is 5.60 Å². The Morgan fingerprint density at radius 3 is 2.00 bits per heavy atom. The van der Waals surface area contributed by atoms with Crippen LogP contribution in [0.1, 0.15) is 54.9 Å². The molecule has 1 fully saturated rings. The van der Waals surface area contributed by atoms with E-state index in [0.717, 1.165) is 12.5 Å². The van der Waals surface area contributed by atoms with Crippen molar-refractivity contribution in [2.45, 2.75) is 78.7 Å². The van der Waals surface area contributed by atoms with Gasteiger partial charge in [-0.3, -0.25) is 4.90 Å². The Bertz CT molecular complexity index is 201. The maximum Gasteiger partial charge on any atom is 0.0724 e. The molecular formula is C14H29NO. The summed E-state index contributed by atoms with van der Waals surface area (Å²) in [5, 5.41) is 0. The number of ether oxygens (including phenoxy) is 1. The van der Waals surface area contributed by atoms with Crippen molar-refractivity contribution in [3.05, 3.63) is 0 Å². The zero-order valence-corrected chi connectivity index (χ0v) is 12.1. The lowest BCUT2D eigenvalue weighted by molar-refractivity contribution is -0.0549. The Labute approximate surface area is 101 Å². The summed E-state index contributed by atoms with van der Waals surface area (Å²) >= 11 is 0. The molecule has 0 radical (unpaired) electrons. The molecule has 0 bridgehead atoms. The van der Waals surface area contributed by atoms with Gasteiger partial charge in [-0.25, -0.2) is 0 Å². The van der Waals surface area contributed by atoms with Crippen LogP contribution in [0.4, 0.5) is 0 Å². The van der Waals surface area contributed by atoms with Crippen molar-refractivity contribution in [1.29, 1.82) is 0 Å². The second-order valence-electron chi connectivity index (χ2n) is 6.69. The zero-order chi connectivity index (χ0) is 12.5. The Morgan fingerprint density at radius 1 is 1.12 bits per heavy atom. The minimum atomic E-state index is -0.0147. The van der Waals surface area contributed by atoms with Crippen LogP contribution in [0.3, 0.4) is 0 Å². The first-order valence-corrected chi connectivity index (χ1v) is 6.64. The van der Waals surface area contributed by atoms with Crippen LogP contribution in [0.25, 0.3) is 0 Å². The summed E-state index contributed by atoms with van der Waals surface area (Å²) in [6, 6.07) is 1.31. The Kier molecular flexibility index (Phi) is 4.42. The summed E-state index contributed by atoms with van der Waals surface area (Å²) in [6.45, 7) is 16.8. The predicted octanol–water partition coefficient (Wildman–Crippen LogP) is 3.31. The fourth-order valence-electron chi connectivity index (χ4n) is 2.68. The Hall–Kier alpha value is -0.0800. The molecule has 0 spiro atoms. The molecule has 0 aromatic carbocycles. The van der Waals surface area contributed by atoms with E-state index >= 15 is 0 Å². The van der Waals surface area contributed by atoms with Gasteiger partial charge in [0.25, 0.3) is 0 Å². The zero-order valence-electron chi connectivity index (χ0n) is 12.1. The molecule has 2 nitrogen and oxygen atoms in total. The van der Waals surface area contributed by atoms with Crippen LogP contribution in [0.5, 0.6) is 0 Å². The number of likely N-dealkylation sites (tertiary alicyclic amines) is 1. The summed E-state index contributed by atoms with van der Waals surface area (Å²) in [4.78, 5) is 2.60. The molecule has 0 N–H and O–H groups in total.